The van der Waals surface area contributed by atoms with Gasteiger partial charge >= 0.3 is 6.18 Å². The second-order valence-electron chi connectivity index (χ2n) is 6.17. The summed E-state index contributed by atoms with van der Waals surface area (Å²) in [6.45, 7) is 0. The number of carbonyl (C=O) groups is 1. The lowest BCUT2D eigenvalue weighted by Gasteiger charge is -2.12. The van der Waals surface area contributed by atoms with Crippen molar-refractivity contribution >= 4 is 27.3 Å². The van der Waals surface area contributed by atoms with Crippen molar-refractivity contribution in [3.8, 4) is 0 Å². The van der Waals surface area contributed by atoms with E-state index in [4.69, 9.17) is 0 Å². The molecule has 0 saturated carbocycles. The van der Waals surface area contributed by atoms with Crippen molar-refractivity contribution in [3.05, 3.63) is 78.1 Å². The van der Waals surface area contributed by atoms with Crippen molar-refractivity contribution in [1.82, 2.24) is 4.57 Å². The Hall–Kier alpha value is -3.27. The lowest BCUT2D eigenvalue weighted by Crippen LogP contribution is -2.17. The molecule has 1 aromatic heterocycles. The number of anilines is 2. The molecule has 152 valence electrons. The SMILES string of the molecule is Cn1cccc1C(=O)Nc1cccc(S(=O)(=O)Nc2cccc(C(F)(F)F)c2)c1. The van der Waals surface area contributed by atoms with Gasteiger partial charge in [0.1, 0.15) is 5.69 Å². The molecule has 1 heterocycles. The number of hydrogen-bond donors (Lipinski definition) is 2. The lowest BCUT2D eigenvalue weighted by atomic mass is 10.2. The zero-order valence-electron chi connectivity index (χ0n) is 15.1. The summed E-state index contributed by atoms with van der Waals surface area (Å²) in [4.78, 5) is 12.1. The third-order valence-electron chi connectivity index (χ3n) is 4.02. The average Bonchev–Trinajstić information content (AvgIpc) is 3.07. The molecule has 29 heavy (non-hydrogen) atoms. The largest absolute Gasteiger partial charge is 0.416 e. The van der Waals surface area contributed by atoms with E-state index in [9.17, 15) is 26.4 Å². The van der Waals surface area contributed by atoms with Gasteiger partial charge in [-0.1, -0.05) is 12.1 Å². The topological polar surface area (TPSA) is 80.2 Å². The molecule has 0 radical (unpaired) electrons. The predicted molar refractivity (Wildman–Crippen MR) is 102 cm³/mol. The molecule has 2 N–H and O–H groups in total. The smallest absolute Gasteiger partial charge is 0.347 e. The number of alkyl halides is 3. The number of amides is 1. The highest BCUT2D eigenvalue weighted by Gasteiger charge is 2.30. The minimum absolute atomic E-state index is 0.209. The van der Waals surface area contributed by atoms with Crippen molar-refractivity contribution in [1.29, 1.82) is 0 Å². The molecule has 0 atom stereocenters. The fourth-order valence-electron chi connectivity index (χ4n) is 2.61. The van der Waals surface area contributed by atoms with Gasteiger partial charge in [0, 0.05) is 24.6 Å². The third kappa shape index (κ3) is 4.77. The molecule has 10 heteroatoms. The number of sulfonamides is 1. The minimum atomic E-state index is -4.59. The highest BCUT2D eigenvalue weighted by Crippen LogP contribution is 2.31. The summed E-state index contributed by atoms with van der Waals surface area (Å²) in [7, 11) is -2.48. The summed E-state index contributed by atoms with van der Waals surface area (Å²) in [5.74, 6) is -0.433. The Morgan fingerprint density at radius 2 is 1.66 bits per heavy atom. The van der Waals surface area contributed by atoms with Gasteiger partial charge in [-0.25, -0.2) is 8.42 Å². The molecule has 0 bridgehead atoms. The van der Waals surface area contributed by atoms with Crippen LogP contribution in [0.5, 0.6) is 0 Å². The fraction of sp³-hybridized carbons (Fsp3) is 0.105. The molecular formula is C19H16F3N3O3S. The summed E-state index contributed by atoms with van der Waals surface area (Å²) < 4.78 is 67.3. The fourth-order valence-corrected chi connectivity index (χ4v) is 3.70. The Balaban J connectivity index is 1.82. The van der Waals surface area contributed by atoms with Crippen LogP contribution in [-0.2, 0) is 23.2 Å². The van der Waals surface area contributed by atoms with E-state index in [-0.39, 0.29) is 16.3 Å². The second-order valence-corrected chi connectivity index (χ2v) is 7.85. The van der Waals surface area contributed by atoms with E-state index >= 15 is 0 Å². The Morgan fingerprint density at radius 3 is 2.31 bits per heavy atom. The molecule has 2 aromatic carbocycles. The van der Waals surface area contributed by atoms with E-state index in [1.54, 1.807) is 29.9 Å². The van der Waals surface area contributed by atoms with E-state index in [0.29, 0.717) is 11.8 Å². The van der Waals surface area contributed by atoms with Crippen LogP contribution in [0, 0.1) is 0 Å². The van der Waals surface area contributed by atoms with Gasteiger partial charge in [0.2, 0.25) is 0 Å². The van der Waals surface area contributed by atoms with Crippen LogP contribution in [0.3, 0.4) is 0 Å². The van der Waals surface area contributed by atoms with Crippen LogP contribution in [0.15, 0.2) is 71.8 Å². The van der Waals surface area contributed by atoms with Crippen molar-refractivity contribution in [2.75, 3.05) is 10.0 Å². The molecule has 1 amide bonds. The second kappa shape index (κ2) is 7.63. The molecule has 0 saturated heterocycles. The van der Waals surface area contributed by atoms with Crippen LogP contribution in [0.4, 0.5) is 24.5 Å². The number of rotatable bonds is 5. The predicted octanol–water partition coefficient (Wildman–Crippen LogP) is 4.10. The van der Waals surface area contributed by atoms with E-state index in [2.05, 4.69) is 10.0 Å². The first-order valence-corrected chi connectivity index (χ1v) is 9.77. The van der Waals surface area contributed by atoms with Gasteiger partial charge in [0.15, 0.2) is 0 Å². The highest BCUT2D eigenvalue weighted by molar-refractivity contribution is 7.92. The molecule has 0 aliphatic carbocycles. The summed E-state index contributed by atoms with van der Waals surface area (Å²) in [5.41, 5.74) is -0.595. The van der Waals surface area contributed by atoms with Crippen molar-refractivity contribution in [3.63, 3.8) is 0 Å². The molecule has 3 aromatic rings. The molecular weight excluding hydrogens is 407 g/mol. The summed E-state index contributed by atoms with van der Waals surface area (Å²) in [6, 6.07) is 12.6. The molecule has 6 nitrogen and oxygen atoms in total. The quantitative estimate of drug-likeness (QED) is 0.649. The molecule has 0 spiro atoms. The van der Waals surface area contributed by atoms with Crippen LogP contribution in [0.2, 0.25) is 0 Å². The number of aromatic nitrogens is 1. The van der Waals surface area contributed by atoms with Crippen LogP contribution >= 0.6 is 0 Å². The minimum Gasteiger partial charge on any atom is -0.347 e. The van der Waals surface area contributed by atoms with Gasteiger partial charge < -0.3 is 9.88 Å². The van der Waals surface area contributed by atoms with Gasteiger partial charge in [-0.15, -0.1) is 0 Å². The first-order chi connectivity index (χ1) is 13.6. The van der Waals surface area contributed by atoms with Crippen molar-refractivity contribution < 1.29 is 26.4 Å². The zero-order chi connectivity index (χ0) is 21.2. The van der Waals surface area contributed by atoms with Crippen LogP contribution < -0.4 is 10.0 Å². The number of aryl methyl sites for hydroxylation is 1. The number of hydrogen-bond acceptors (Lipinski definition) is 3. The normalized spacial score (nSPS) is 11.9. The third-order valence-corrected chi connectivity index (χ3v) is 5.40. The number of nitrogens with zero attached hydrogens (tertiary/aromatic N) is 1. The summed E-state index contributed by atoms with van der Waals surface area (Å²) >= 11 is 0. The van der Waals surface area contributed by atoms with Gasteiger partial charge in [-0.05, 0) is 48.5 Å². The maximum absolute atomic E-state index is 12.8. The molecule has 0 aliphatic rings. The van der Waals surface area contributed by atoms with E-state index in [1.807, 2.05) is 0 Å². The highest BCUT2D eigenvalue weighted by atomic mass is 32.2. The van der Waals surface area contributed by atoms with E-state index < -0.39 is 27.7 Å². The van der Waals surface area contributed by atoms with E-state index in [0.717, 1.165) is 12.1 Å². The Labute approximate surface area is 165 Å². The van der Waals surface area contributed by atoms with Crippen LogP contribution in [0.1, 0.15) is 16.1 Å². The van der Waals surface area contributed by atoms with Crippen LogP contribution in [-0.4, -0.2) is 18.9 Å². The number of halogens is 3. The average molecular weight is 423 g/mol. The molecule has 0 fully saturated rings. The maximum Gasteiger partial charge on any atom is 0.416 e. The maximum atomic E-state index is 12.8. The van der Waals surface area contributed by atoms with E-state index in [1.165, 1.54) is 30.3 Å². The van der Waals surface area contributed by atoms with Gasteiger partial charge in [-0.3, -0.25) is 9.52 Å². The Bertz CT molecular complexity index is 1150. The summed E-state index contributed by atoms with van der Waals surface area (Å²) in [6.07, 6.45) is -2.91. The number of nitrogens with one attached hydrogen (secondary N) is 2. The first kappa shape index (κ1) is 20.5. The lowest BCUT2D eigenvalue weighted by molar-refractivity contribution is -0.137. The Morgan fingerprint density at radius 1 is 0.966 bits per heavy atom. The van der Waals surface area contributed by atoms with Crippen molar-refractivity contribution in [2.24, 2.45) is 7.05 Å². The zero-order valence-corrected chi connectivity index (χ0v) is 15.9. The van der Waals surface area contributed by atoms with Gasteiger partial charge in [0.05, 0.1) is 10.5 Å². The number of carbonyl (C=O) groups excluding carboxylic acids is 1. The summed E-state index contributed by atoms with van der Waals surface area (Å²) in [5, 5.41) is 2.59. The number of benzene rings is 2. The Kier molecular flexibility index (Phi) is 5.38. The monoisotopic (exact) mass is 423 g/mol. The first-order valence-electron chi connectivity index (χ1n) is 8.29. The molecule has 0 aliphatic heterocycles. The standard InChI is InChI=1S/C19H16F3N3O3S/c1-25-10-4-9-17(25)18(26)23-14-6-3-8-16(12-14)29(27,28)24-15-7-2-5-13(11-15)19(20,21)22/h2-12,24H,1H3,(H,23,26). The van der Waals surface area contributed by atoms with Gasteiger partial charge in [-0.2, -0.15) is 13.2 Å². The molecule has 0 unspecified atom stereocenters. The van der Waals surface area contributed by atoms with Crippen LogP contribution in [0.25, 0.3) is 0 Å². The van der Waals surface area contributed by atoms with Gasteiger partial charge in [0.25, 0.3) is 15.9 Å². The van der Waals surface area contributed by atoms with Crippen molar-refractivity contribution in [2.45, 2.75) is 11.1 Å². The molecule has 3 rings (SSSR count).